The van der Waals surface area contributed by atoms with Gasteiger partial charge < -0.3 is 9.47 Å². The maximum Gasteiger partial charge on any atom is 0.125 e. The molecule has 0 fully saturated rings. The van der Waals surface area contributed by atoms with Crippen LogP contribution in [-0.4, -0.2) is 14.2 Å². The van der Waals surface area contributed by atoms with E-state index in [9.17, 15) is 0 Å². The van der Waals surface area contributed by atoms with Gasteiger partial charge in [0.25, 0.3) is 0 Å². The average molecular weight is 304 g/mol. The van der Waals surface area contributed by atoms with Crippen molar-refractivity contribution in [1.82, 2.24) is 0 Å². The minimum absolute atomic E-state index is 0.0691. The van der Waals surface area contributed by atoms with Crippen LogP contribution in [0.25, 0.3) is 5.76 Å². The molecule has 0 N–H and O–H groups in total. The molecule has 0 aliphatic rings. The predicted octanol–water partition coefficient (Wildman–Crippen LogP) is 5.93. The minimum atomic E-state index is 0.0691. The molecular weight excluding hydrogens is 272 g/mol. The summed E-state index contributed by atoms with van der Waals surface area (Å²) in [6, 6.07) is 8.10. The van der Waals surface area contributed by atoms with E-state index in [4.69, 9.17) is 9.47 Å². The van der Waals surface area contributed by atoms with Crippen molar-refractivity contribution in [2.24, 2.45) is 10.8 Å². The summed E-state index contributed by atoms with van der Waals surface area (Å²) in [6.07, 6.45) is 2.17. The van der Waals surface area contributed by atoms with E-state index in [1.165, 1.54) is 5.57 Å². The van der Waals surface area contributed by atoms with Crippen LogP contribution in [0, 0.1) is 10.8 Å². The maximum atomic E-state index is 5.81. The van der Waals surface area contributed by atoms with Gasteiger partial charge in [0.2, 0.25) is 0 Å². The Bertz CT molecular complexity index is 513. The Hall–Kier alpha value is -1.44. The summed E-state index contributed by atoms with van der Waals surface area (Å²) < 4.78 is 11.2. The van der Waals surface area contributed by atoms with Crippen LogP contribution in [0.1, 0.15) is 59.9 Å². The number of hydrogen-bond donors (Lipinski definition) is 0. The highest BCUT2D eigenvalue weighted by molar-refractivity contribution is 5.65. The molecule has 0 amide bonds. The van der Waals surface area contributed by atoms with Gasteiger partial charge in [-0.3, -0.25) is 0 Å². The van der Waals surface area contributed by atoms with Gasteiger partial charge in [-0.05, 0) is 41.4 Å². The second kappa shape index (κ2) is 7.21. The number of rotatable bonds is 5. The molecule has 0 aliphatic heterocycles. The fraction of sp³-hybridized carbons (Fsp3) is 0.600. The Balaban J connectivity index is 3.31. The van der Waals surface area contributed by atoms with Gasteiger partial charge in [0.15, 0.2) is 0 Å². The van der Waals surface area contributed by atoms with Crippen molar-refractivity contribution in [2.45, 2.75) is 54.4 Å². The van der Waals surface area contributed by atoms with Crippen LogP contribution < -0.4 is 4.74 Å². The summed E-state index contributed by atoms with van der Waals surface area (Å²) in [4.78, 5) is 0. The highest BCUT2D eigenvalue weighted by atomic mass is 16.5. The molecule has 0 spiro atoms. The van der Waals surface area contributed by atoms with E-state index in [0.717, 1.165) is 29.9 Å². The largest absolute Gasteiger partial charge is 0.497 e. The van der Waals surface area contributed by atoms with Crippen LogP contribution in [0.5, 0.6) is 5.75 Å². The fourth-order valence-electron chi connectivity index (χ4n) is 2.51. The van der Waals surface area contributed by atoms with E-state index >= 15 is 0 Å². The molecule has 124 valence electrons. The Morgan fingerprint density at radius 2 is 1.64 bits per heavy atom. The monoisotopic (exact) mass is 304 g/mol. The van der Waals surface area contributed by atoms with Crippen LogP contribution in [0.3, 0.4) is 0 Å². The third-order valence-electron chi connectivity index (χ3n) is 3.84. The molecule has 0 heterocycles. The van der Waals surface area contributed by atoms with Crippen LogP contribution >= 0.6 is 0 Å². The van der Waals surface area contributed by atoms with Gasteiger partial charge in [-0.1, -0.05) is 53.7 Å². The van der Waals surface area contributed by atoms with Crippen molar-refractivity contribution in [1.29, 1.82) is 0 Å². The summed E-state index contributed by atoms with van der Waals surface area (Å²) in [6.45, 7) is 13.6. The molecule has 22 heavy (non-hydrogen) atoms. The SMILES string of the molecule is COC(=C(CCC(C)(C)C)C(C)(C)C)c1cccc(OC)c1. The zero-order valence-corrected chi connectivity index (χ0v) is 15.5. The minimum Gasteiger partial charge on any atom is -0.497 e. The first-order chi connectivity index (χ1) is 10.1. The van der Waals surface area contributed by atoms with Gasteiger partial charge in [-0.2, -0.15) is 0 Å². The molecule has 1 aromatic carbocycles. The molecule has 2 heteroatoms. The van der Waals surface area contributed by atoms with Crippen LogP contribution in [0.2, 0.25) is 0 Å². The normalized spacial score (nSPS) is 13.6. The molecule has 1 aromatic rings. The van der Waals surface area contributed by atoms with E-state index in [-0.39, 0.29) is 5.41 Å². The number of ether oxygens (including phenoxy) is 2. The summed E-state index contributed by atoms with van der Waals surface area (Å²) in [5.74, 6) is 1.84. The Kier molecular flexibility index (Phi) is 6.10. The molecule has 0 saturated heterocycles. The van der Waals surface area contributed by atoms with Crippen molar-refractivity contribution < 1.29 is 9.47 Å². The van der Waals surface area contributed by atoms with E-state index in [0.29, 0.717) is 5.41 Å². The summed E-state index contributed by atoms with van der Waals surface area (Å²) >= 11 is 0. The molecule has 0 bridgehead atoms. The molecule has 0 aliphatic carbocycles. The quantitative estimate of drug-likeness (QED) is 0.628. The second-order valence-electron chi connectivity index (χ2n) is 8.05. The molecule has 2 nitrogen and oxygen atoms in total. The number of allylic oxidation sites excluding steroid dienone is 1. The molecule has 0 unspecified atom stereocenters. The second-order valence-corrected chi connectivity index (χ2v) is 8.05. The van der Waals surface area contributed by atoms with Gasteiger partial charge in [-0.15, -0.1) is 0 Å². The highest BCUT2D eigenvalue weighted by Crippen LogP contribution is 2.39. The molecule has 0 atom stereocenters. The van der Waals surface area contributed by atoms with E-state index in [2.05, 4.69) is 47.6 Å². The fourth-order valence-corrected chi connectivity index (χ4v) is 2.51. The predicted molar refractivity (Wildman–Crippen MR) is 95.1 cm³/mol. The highest BCUT2D eigenvalue weighted by Gasteiger charge is 2.25. The van der Waals surface area contributed by atoms with Crippen LogP contribution in [-0.2, 0) is 4.74 Å². The lowest BCUT2D eigenvalue weighted by atomic mass is 9.78. The average Bonchev–Trinajstić information content (AvgIpc) is 2.41. The first-order valence-electron chi connectivity index (χ1n) is 8.00. The standard InChI is InChI=1S/C20H32O2/c1-19(2,3)13-12-17(20(4,5)6)18(22-8)15-10-9-11-16(14-15)21-7/h9-11,14H,12-13H2,1-8H3. The van der Waals surface area contributed by atoms with Gasteiger partial charge in [-0.25, -0.2) is 0 Å². The van der Waals surface area contributed by atoms with E-state index < -0.39 is 0 Å². The Morgan fingerprint density at radius 1 is 1.00 bits per heavy atom. The summed E-state index contributed by atoms with van der Waals surface area (Å²) in [5, 5.41) is 0. The van der Waals surface area contributed by atoms with Gasteiger partial charge in [0, 0.05) is 5.56 Å². The maximum absolute atomic E-state index is 5.81. The summed E-state index contributed by atoms with van der Waals surface area (Å²) in [7, 11) is 3.46. The smallest absolute Gasteiger partial charge is 0.125 e. The molecule has 0 radical (unpaired) electrons. The number of benzene rings is 1. The first-order valence-corrected chi connectivity index (χ1v) is 8.00. The Labute approximate surface area is 136 Å². The van der Waals surface area contributed by atoms with Crippen molar-refractivity contribution in [3.63, 3.8) is 0 Å². The van der Waals surface area contributed by atoms with E-state index in [1.807, 2.05) is 18.2 Å². The molecule has 0 saturated carbocycles. The lowest BCUT2D eigenvalue weighted by molar-refractivity contribution is 0.329. The number of methoxy groups -OCH3 is 2. The molecule has 0 aromatic heterocycles. The number of hydrogen-bond acceptors (Lipinski definition) is 2. The zero-order valence-electron chi connectivity index (χ0n) is 15.5. The molecular formula is C20H32O2. The van der Waals surface area contributed by atoms with Crippen molar-refractivity contribution in [3.05, 3.63) is 35.4 Å². The zero-order chi connectivity index (χ0) is 17.0. The first kappa shape index (κ1) is 18.6. The van der Waals surface area contributed by atoms with Crippen molar-refractivity contribution in [3.8, 4) is 5.75 Å². The lowest BCUT2D eigenvalue weighted by Gasteiger charge is -2.29. The topological polar surface area (TPSA) is 18.5 Å². The van der Waals surface area contributed by atoms with Crippen LogP contribution in [0.15, 0.2) is 29.8 Å². The third kappa shape index (κ3) is 5.40. The summed E-state index contributed by atoms with van der Waals surface area (Å²) in [5.41, 5.74) is 2.82. The Morgan fingerprint density at radius 3 is 2.09 bits per heavy atom. The molecule has 1 rings (SSSR count). The van der Waals surface area contributed by atoms with Gasteiger partial charge >= 0.3 is 0 Å². The van der Waals surface area contributed by atoms with Crippen LogP contribution in [0.4, 0.5) is 0 Å². The van der Waals surface area contributed by atoms with Gasteiger partial charge in [0.1, 0.15) is 11.5 Å². The van der Waals surface area contributed by atoms with Gasteiger partial charge in [0.05, 0.1) is 14.2 Å². The lowest BCUT2D eigenvalue weighted by Crippen LogP contribution is -2.16. The van der Waals surface area contributed by atoms with Crippen molar-refractivity contribution >= 4 is 5.76 Å². The van der Waals surface area contributed by atoms with E-state index in [1.54, 1.807) is 14.2 Å². The van der Waals surface area contributed by atoms with Crippen molar-refractivity contribution in [2.75, 3.05) is 14.2 Å². The third-order valence-corrected chi connectivity index (χ3v) is 3.84.